The van der Waals surface area contributed by atoms with Gasteiger partial charge in [-0.25, -0.2) is 4.79 Å². The third kappa shape index (κ3) is 8.24. The fourth-order valence-corrected chi connectivity index (χ4v) is 5.01. The van der Waals surface area contributed by atoms with Gasteiger partial charge in [-0.2, -0.15) is 0 Å². The van der Waals surface area contributed by atoms with Crippen molar-refractivity contribution >= 4 is 5.97 Å². The molecule has 0 bridgehead atoms. The van der Waals surface area contributed by atoms with Gasteiger partial charge in [0.2, 0.25) is 0 Å². The van der Waals surface area contributed by atoms with Crippen molar-refractivity contribution in [2.45, 2.75) is 77.6 Å². The lowest BCUT2D eigenvalue weighted by atomic mass is 9.77. The average Bonchev–Trinajstić information content (AvgIpc) is 2.87. The van der Waals surface area contributed by atoms with Crippen molar-refractivity contribution in [1.82, 2.24) is 0 Å². The van der Waals surface area contributed by atoms with Crippen molar-refractivity contribution in [2.24, 2.45) is 5.92 Å². The van der Waals surface area contributed by atoms with Crippen molar-refractivity contribution in [3.63, 3.8) is 0 Å². The Morgan fingerprint density at radius 1 is 1.03 bits per heavy atom. The highest BCUT2D eigenvalue weighted by Gasteiger charge is 2.23. The van der Waals surface area contributed by atoms with Gasteiger partial charge in [0.1, 0.15) is 19.0 Å². The molecule has 0 amide bonds. The van der Waals surface area contributed by atoms with E-state index in [1.54, 1.807) is 6.92 Å². The van der Waals surface area contributed by atoms with E-state index in [4.69, 9.17) is 9.47 Å². The predicted molar refractivity (Wildman–Crippen MR) is 143 cm³/mol. The first-order valence-corrected chi connectivity index (χ1v) is 13.3. The van der Waals surface area contributed by atoms with Crippen LogP contribution in [0.2, 0.25) is 0 Å². The van der Waals surface area contributed by atoms with E-state index in [-0.39, 0.29) is 13.2 Å². The normalized spacial score (nSPS) is 17.7. The molecule has 0 spiro atoms. The van der Waals surface area contributed by atoms with Crippen LogP contribution in [0.3, 0.4) is 0 Å². The fourth-order valence-electron chi connectivity index (χ4n) is 5.01. The molecule has 1 N–H and O–H groups in total. The van der Waals surface area contributed by atoms with E-state index in [2.05, 4.69) is 56.0 Å². The summed E-state index contributed by atoms with van der Waals surface area (Å²) in [6.45, 7) is 8.17. The average molecular weight is 479 g/mol. The maximum atomic E-state index is 11.7. The number of carbonyl (C=O) groups excluding carboxylic acids is 1. The monoisotopic (exact) mass is 478 g/mol. The standard InChI is InChI=1S/C31H42O4/c1-4-5-6-7-24-8-12-26(13-9-24)28-16-17-29(27-14-10-25(11-15-27)18-19-32)30(22-28)34-20-21-35-31(33)23(2)3/h10-11,14-17,22,24,26,32H,2,4-9,12-13,18-21H2,1,3H3. The van der Waals surface area contributed by atoms with Crippen LogP contribution in [-0.2, 0) is 16.0 Å². The molecule has 0 radical (unpaired) electrons. The number of rotatable bonds is 13. The van der Waals surface area contributed by atoms with E-state index in [1.807, 2.05) is 0 Å². The summed E-state index contributed by atoms with van der Waals surface area (Å²) < 4.78 is 11.4. The lowest BCUT2D eigenvalue weighted by molar-refractivity contribution is -0.139. The Hall–Kier alpha value is -2.59. The Kier molecular flexibility index (Phi) is 10.9. The molecule has 2 aromatic rings. The molecule has 0 saturated heterocycles. The van der Waals surface area contributed by atoms with Crippen molar-refractivity contribution in [1.29, 1.82) is 0 Å². The van der Waals surface area contributed by atoms with Crippen LogP contribution >= 0.6 is 0 Å². The number of hydrogen-bond donors (Lipinski definition) is 1. The number of carbonyl (C=O) groups is 1. The summed E-state index contributed by atoms with van der Waals surface area (Å²) >= 11 is 0. The fraction of sp³-hybridized carbons (Fsp3) is 0.516. The molecule has 0 aromatic heterocycles. The third-order valence-corrected chi connectivity index (χ3v) is 7.13. The minimum atomic E-state index is -0.391. The van der Waals surface area contributed by atoms with Gasteiger partial charge in [0.25, 0.3) is 0 Å². The molecular formula is C31H42O4. The number of esters is 1. The predicted octanol–water partition coefficient (Wildman–Crippen LogP) is 7.24. The van der Waals surface area contributed by atoms with E-state index in [9.17, 15) is 9.90 Å². The second-order valence-electron chi connectivity index (χ2n) is 9.90. The summed E-state index contributed by atoms with van der Waals surface area (Å²) in [5.74, 6) is 1.89. The molecule has 0 atom stereocenters. The smallest absolute Gasteiger partial charge is 0.333 e. The van der Waals surface area contributed by atoms with Crippen LogP contribution in [0.1, 0.15) is 82.3 Å². The number of hydrogen-bond acceptors (Lipinski definition) is 4. The quantitative estimate of drug-likeness (QED) is 0.187. The zero-order valence-corrected chi connectivity index (χ0v) is 21.6. The number of unbranched alkanes of at least 4 members (excludes halogenated alkanes) is 2. The van der Waals surface area contributed by atoms with Crippen molar-refractivity contribution < 1.29 is 19.4 Å². The summed E-state index contributed by atoms with van der Waals surface area (Å²) in [6, 6.07) is 14.9. The third-order valence-electron chi connectivity index (χ3n) is 7.13. The zero-order valence-electron chi connectivity index (χ0n) is 21.6. The second-order valence-corrected chi connectivity index (χ2v) is 9.90. The Morgan fingerprint density at radius 2 is 1.77 bits per heavy atom. The number of aliphatic hydroxyl groups is 1. The van der Waals surface area contributed by atoms with Crippen molar-refractivity contribution in [3.05, 3.63) is 65.7 Å². The zero-order chi connectivity index (χ0) is 25.0. The highest BCUT2D eigenvalue weighted by Crippen LogP contribution is 2.40. The maximum absolute atomic E-state index is 11.7. The van der Waals surface area contributed by atoms with Crippen LogP contribution < -0.4 is 4.74 Å². The first-order valence-electron chi connectivity index (χ1n) is 13.3. The largest absolute Gasteiger partial charge is 0.489 e. The number of aliphatic hydroxyl groups excluding tert-OH is 1. The van der Waals surface area contributed by atoms with E-state index < -0.39 is 5.97 Å². The van der Waals surface area contributed by atoms with E-state index in [0.29, 0.717) is 24.5 Å². The molecule has 0 unspecified atom stereocenters. The molecule has 1 aliphatic carbocycles. The Bertz CT molecular complexity index is 939. The van der Waals surface area contributed by atoms with Crippen LogP contribution in [0.25, 0.3) is 11.1 Å². The van der Waals surface area contributed by atoms with Gasteiger partial charge in [-0.3, -0.25) is 0 Å². The molecule has 2 aromatic carbocycles. The van der Waals surface area contributed by atoms with Gasteiger partial charge < -0.3 is 14.6 Å². The molecule has 35 heavy (non-hydrogen) atoms. The Balaban J connectivity index is 1.71. The van der Waals surface area contributed by atoms with Crippen LogP contribution in [0.4, 0.5) is 0 Å². The second kappa shape index (κ2) is 14.1. The van der Waals surface area contributed by atoms with Gasteiger partial charge in [-0.15, -0.1) is 0 Å². The summed E-state index contributed by atoms with van der Waals surface area (Å²) in [5, 5.41) is 9.21. The summed E-state index contributed by atoms with van der Waals surface area (Å²) in [5.41, 5.74) is 4.95. The topological polar surface area (TPSA) is 55.8 Å². The maximum Gasteiger partial charge on any atom is 0.333 e. The minimum Gasteiger partial charge on any atom is -0.489 e. The van der Waals surface area contributed by atoms with Gasteiger partial charge >= 0.3 is 5.97 Å². The van der Waals surface area contributed by atoms with Gasteiger partial charge in [0.15, 0.2) is 0 Å². The van der Waals surface area contributed by atoms with Gasteiger partial charge in [0, 0.05) is 17.7 Å². The molecule has 0 aliphatic heterocycles. The molecule has 0 heterocycles. The van der Waals surface area contributed by atoms with Crippen molar-refractivity contribution in [2.75, 3.05) is 19.8 Å². The van der Waals surface area contributed by atoms with Crippen molar-refractivity contribution in [3.8, 4) is 16.9 Å². The highest BCUT2D eigenvalue weighted by atomic mass is 16.6. The summed E-state index contributed by atoms with van der Waals surface area (Å²) in [7, 11) is 0. The minimum absolute atomic E-state index is 0.145. The first kappa shape index (κ1) is 27.0. The summed E-state index contributed by atoms with van der Waals surface area (Å²) in [6.07, 6.45) is 11.1. The summed E-state index contributed by atoms with van der Waals surface area (Å²) in [4.78, 5) is 11.7. The van der Waals surface area contributed by atoms with E-state index in [0.717, 1.165) is 28.4 Å². The number of ether oxygens (including phenoxy) is 2. The Morgan fingerprint density at radius 3 is 2.43 bits per heavy atom. The van der Waals surface area contributed by atoms with Crippen LogP contribution in [-0.4, -0.2) is 30.9 Å². The highest BCUT2D eigenvalue weighted by molar-refractivity contribution is 5.86. The van der Waals surface area contributed by atoms with Crippen LogP contribution in [0.5, 0.6) is 5.75 Å². The molecule has 190 valence electrons. The van der Waals surface area contributed by atoms with Gasteiger partial charge in [0.05, 0.1) is 0 Å². The Labute approximate surface area is 211 Å². The molecule has 1 fully saturated rings. The van der Waals surface area contributed by atoms with E-state index in [1.165, 1.54) is 56.9 Å². The molecule has 1 saturated carbocycles. The lowest BCUT2D eigenvalue weighted by Crippen LogP contribution is -2.14. The molecule has 4 heteroatoms. The first-order chi connectivity index (χ1) is 17.0. The molecule has 3 rings (SSSR count). The molecule has 4 nitrogen and oxygen atoms in total. The number of benzene rings is 2. The van der Waals surface area contributed by atoms with E-state index >= 15 is 0 Å². The van der Waals surface area contributed by atoms with Crippen LogP contribution in [0, 0.1) is 5.92 Å². The van der Waals surface area contributed by atoms with Gasteiger partial charge in [-0.1, -0.05) is 75.6 Å². The lowest BCUT2D eigenvalue weighted by Gasteiger charge is -2.29. The molecular weight excluding hydrogens is 436 g/mol. The SMILES string of the molecule is C=C(C)C(=O)OCCOc1cc(C2CCC(CCCCC)CC2)ccc1-c1ccc(CCO)cc1. The molecule has 1 aliphatic rings. The van der Waals surface area contributed by atoms with Crippen LogP contribution in [0.15, 0.2) is 54.6 Å². The van der Waals surface area contributed by atoms with Gasteiger partial charge in [-0.05, 0) is 73.6 Å².